The molecule has 3 rings (SSSR count). The third kappa shape index (κ3) is 3.54. The van der Waals surface area contributed by atoms with Crippen LogP contribution in [0.15, 0.2) is 35.7 Å². The van der Waals surface area contributed by atoms with Gasteiger partial charge in [0.1, 0.15) is 5.69 Å². The van der Waals surface area contributed by atoms with Gasteiger partial charge in [0.05, 0.1) is 5.01 Å². The third-order valence-electron chi connectivity index (χ3n) is 4.03. The van der Waals surface area contributed by atoms with Crippen molar-refractivity contribution in [1.29, 1.82) is 0 Å². The minimum Gasteiger partial charge on any atom is -0.396 e. The van der Waals surface area contributed by atoms with E-state index in [2.05, 4.69) is 17.1 Å². The number of aromatic nitrogens is 1. The lowest BCUT2D eigenvalue weighted by Crippen LogP contribution is -2.41. The van der Waals surface area contributed by atoms with E-state index in [-0.39, 0.29) is 18.4 Å². The summed E-state index contributed by atoms with van der Waals surface area (Å²) in [6, 6.07) is 10.2. The van der Waals surface area contributed by atoms with Crippen LogP contribution in [0.25, 0.3) is 0 Å². The predicted octanol–water partition coefficient (Wildman–Crippen LogP) is 2.58. The summed E-state index contributed by atoms with van der Waals surface area (Å²) in [5, 5.41) is 12.1. The van der Waals surface area contributed by atoms with E-state index >= 15 is 0 Å². The molecule has 2 heterocycles. The van der Waals surface area contributed by atoms with Gasteiger partial charge < -0.3 is 10.0 Å². The molecule has 1 aromatic heterocycles. The van der Waals surface area contributed by atoms with E-state index in [0.717, 1.165) is 30.8 Å². The van der Waals surface area contributed by atoms with Crippen LogP contribution >= 0.6 is 11.3 Å². The Labute approximate surface area is 134 Å². The smallest absolute Gasteiger partial charge is 0.273 e. The number of amides is 1. The second-order valence-electron chi connectivity index (χ2n) is 5.73. The Morgan fingerprint density at radius 1 is 1.36 bits per heavy atom. The molecule has 1 aromatic carbocycles. The molecule has 1 unspecified atom stereocenters. The minimum atomic E-state index is -0.00582. The van der Waals surface area contributed by atoms with Crippen LogP contribution in [0.1, 0.15) is 33.9 Å². The average molecular weight is 316 g/mol. The Morgan fingerprint density at radius 2 is 2.18 bits per heavy atom. The summed E-state index contributed by atoms with van der Waals surface area (Å²) in [4.78, 5) is 18.8. The number of aliphatic hydroxyl groups is 1. The Bertz CT molecular complexity index is 627. The Morgan fingerprint density at radius 3 is 2.95 bits per heavy atom. The summed E-state index contributed by atoms with van der Waals surface area (Å²) < 4.78 is 0. The van der Waals surface area contributed by atoms with Crippen LogP contribution in [0, 0.1) is 5.92 Å². The Hall–Kier alpha value is -1.72. The van der Waals surface area contributed by atoms with Crippen molar-refractivity contribution in [2.45, 2.75) is 19.3 Å². The number of carbonyl (C=O) groups excluding carboxylic acids is 1. The topological polar surface area (TPSA) is 53.4 Å². The molecule has 1 aliphatic heterocycles. The molecule has 2 aromatic rings. The highest BCUT2D eigenvalue weighted by Crippen LogP contribution is 2.20. The predicted molar refractivity (Wildman–Crippen MR) is 87.1 cm³/mol. The third-order valence-corrected chi connectivity index (χ3v) is 4.88. The van der Waals surface area contributed by atoms with Crippen molar-refractivity contribution in [2.75, 3.05) is 19.7 Å². The van der Waals surface area contributed by atoms with Gasteiger partial charge in [-0.3, -0.25) is 4.79 Å². The number of hydrogen-bond acceptors (Lipinski definition) is 4. The molecular weight excluding hydrogens is 296 g/mol. The molecule has 0 radical (unpaired) electrons. The molecule has 0 aliphatic carbocycles. The summed E-state index contributed by atoms with van der Waals surface area (Å²) in [7, 11) is 0. The van der Waals surface area contributed by atoms with E-state index in [1.165, 1.54) is 16.9 Å². The van der Waals surface area contributed by atoms with Crippen molar-refractivity contribution >= 4 is 17.2 Å². The SMILES string of the molecule is O=C(c1csc(Cc2ccccc2)n1)N1CCCC(CO)C1. The van der Waals surface area contributed by atoms with Gasteiger partial charge in [-0.25, -0.2) is 4.98 Å². The molecule has 1 saturated heterocycles. The minimum absolute atomic E-state index is 0.00582. The number of carbonyl (C=O) groups is 1. The zero-order valence-electron chi connectivity index (χ0n) is 12.4. The largest absolute Gasteiger partial charge is 0.396 e. The first kappa shape index (κ1) is 15.2. The standard InChI is InChI=1S/C17H20N2O2S/c20-11-14-7-4-8-19(10-14)17(21)15-12-22-16(18-15)9-13-5-2-1-3-6-13/h1-3,5-6,12,14,20H,4,7-11H2. The number of hydrogen-bond donors (Lipinski definition) is 1. The summed E-state index contributed by atoms with van der Waals surface area (Å²) in [5.41, 5.74) is 1.74. The molecule has 0 spiro atoms. The fourth-order valence-corrected chi connectivity index (χ4v) is 3.62. The van der Waals surface area contributed by atoms with E-state index in [0.29, 0.717) is 12.2 Å². The lowest BCUT2D eigenvalue weighted by atomic mass is 9.99. The molecule has 5 heteroatoms. The number of aliphatic hydroxyl groups excluding tert-OH is 1. The molecule has 22 heavy (non-hydrogen) atoms. The van der Waals surface area contributed by atoms with Crippen LogP contribution in [0.2, 0.25) is 0 Å². The number of likely N-dealkylation sites (tertiary alicyclic amines) is 1. The fourth-order valence-electron chi connectivity index (χ4n) is 2.82. The maximum absolute atomic E-state index is 12.5. The van der Waals surface area contributed by atoms with Crippen molar-refractivity contribution in [3.63, 3.8) is 0 Å². The van der Waals surface area contributed by atoms with Gasteiger partial charge in [0.25, 0.3) is 5.91 Å². The summed E-state index contributed by atoms with van der Waals surface area (Å²) >= 11 is 1.54. The summed E-state index contributed by atoms with van der Waals surface area (Å²) in [5.74, 6) is 0.203. The molecule has 0 bridgehead atoms. The molecule has 1 amide bonds. The molecule has 1 aliphatic rings. The van der Waals surface area contributed by atoms with Crippen molar-refractivity contribution in [2.24, 2.45) is 5.92 Å². The van der Waals surface area contributed by atoms with Crippen molar-refractivity contribution in [1.82, 2.24) is 9.88 Å². The van der Waals surface area contributed by atoms with Crippen LogP contribution in [-0.4, -0.2) is 40.6 Å². The van der Waals surface area contributed by atoms with Gasteiger partial charge in [-0.2, -0.15) is 0 Å². The van der Waals surface area contributed by atoms with Gasteiger partial charge >= 0.3 is 0 Å². The van der Waals surface area contributed by atoms with Crippen LogP contribution in [0.5, 0.6) is 0 Å². The molecule has 0 saturated carbocycles. The van der Waals surface area contributed by atoms with E-state index in [1.807, 2.05) is 28.5 Å². The molecular formula is C17H20N2O2S. The van der Waals surface area contributed by atoms with Gasteiger partial charge in [-0.1, -0.05) is 30.3 Å². The normalized spacial score (nSPS) is 18.4. The number of nitrogens with zero attached hydrogens (tertiary/aromatic N) is 2. The molecule has 1 fully saturated rings. The van der Waals surface area contributed by atoms with E-state index in [1.54, 1.807) is 0 Å². The zero-order chi connectivity index (χ0) is 15.4. The van der Waals surface area contributed by atoms with Gasteiger partial charge in [-0.05, 0) is 24.3 Å². The number of thiazole rings is 1. The Balaban J connectivity index is 1.66. The monoisotopic (exact) mass is 316 g/mol. The van der Waals surface area contributed by atoms with Crippen LogP contribution in [0.3, 0.4) is 0 Å². The first-order valence-corrected chi connectivity index (χ1v) is 8.52. The van der Waals surface area contributed by atoms with E-state index in [4.69, 9.17) is 0 Å². The molecule has 4 nitrogen and oxygen atoms in total. The quantitative estimate of drug-likeness (QED) is 0.943. The number of piperidine rings is 1. The fraction of sp³-hybridized carbons (Fsp3) is 0.412. The first-order chi connectivity index (χ1) is 10.8. The summed E-state index contributed by atoms with van der Waals surface area (Å²) in [6.45, 7) is 1.56. The van der Waals surface area contributed by atoms with Crippen molar-refractivity contribution in [3.8, 4) is 0 Å². The highest BCUT2D eigenvalue weighted by molar-refractivity contribution is 7.09. The van der Waals surface area contributed by atoms with Crippen molar-refractivity contribution in [3.05, 3.63) is 52.0 Å². The van der Waals surface area contributed by atoms with Gasteiger partial charge in [-0.15, -0.1) is 11.3 Å². The second kappa shape index (κ2) is 7.03. The summed E-state index contributed by atoms with van der Waals surface area (Å²) in [6.07, 6.45) is 2.71. The van der Waals surface area contributed by atoms with Crippen LogP contribution < -0.4 is 0 Å². The Kier molecular flexibility index (Phi) is 4.85. The van der Waals surface area contributed by atoms with E-state index < -0.39 is 0 Å². The molecule has 1 N–H and O–H groups in total. The highest BCUT2D eigenvalue weighted by atomic mass is 32.1. The molecule has 1 atom stereocenters. The maximum atomic E-state index is 12.5. The van der Waals surface area contributed by atoms with E-state index in [9.17, 15) is 9.90 Å². The number of rotatable bonds is 4. The second-order valence-corrected chi connectivity index (χ2v) is 6.67. The van der Waals surface area contributed by atoms with Gasteiger partial charge in [0.15, 0.2) is 0 Å². The maximum Gasteiger partial charge on any atom is 0.273 e. The number of benzene rings is 1. The highest BCUT2D eigenvalue weighted by Gasteiger charge is 2.25. The van der Waals surface area contributed by atoms with Crippen LogP contribution in [-0.2, 0) is 6.42 Å². The molecule has 116 valence electrons. The van der Waals surface area contributed by atoms with Crippen LogP contribution in [0.4, 0.5) is 0 Å². The van der Waals surface area contributed by atoms with Crippen molar-refractivity contribution < 1.29 is 9.90 Å². The van der Waals surface area contributed by atoms with Gasteiger partial charge in [0.2, 0.25) is 0 Å². The lowest BCUT2D eigenvalue weighted by molar-refractivity contribution is 0.0615. The zero-order valence-corrected chi connectivity index (χ0v) is 13.3. The first-order valence-electron chi connectivity index (χ1n) is 7.64. The lowest BCUT2D eigenvalue weighted by Gasteiger charge is -2.31. The van der Waals surface area contributed by atoms with Gasteiger partial charge in [0, 0.05) is 31.5 Å². The average Bonchev–Trinajstić information content (AvgIpc) is 3.03.